The number of aliphatic hydroxyl groups excluding tert-OH is 1. The van der Waals surface area contributed by atoms with Gasteiger partial charge in [-0.15, -0.1) is 0 Å². The van der Waals surface area contributed by atoms with E-state index in [4.69, 9.17) is 27.1 Å². The molecule has 4 aliphatic rings. The number of hydrogen-bond donors (Lipinski definition) is 2. The number of aromatic nitrogens is 3. The van der Waals surface area contributed by atoms with Crippen LogP contribution >= 0.6 is 11.6 Å². The van der Waals surface area contributed by atoms with E-state index in [1.54, 1.807) is 6.92 Å². The number of alkyl halides is 3. The first-order chi connectivity index (χ1) is 23.7. The number of halogens is 7. The number of benzene rings is 1. The van der Waals surface area contributed by atoms with Crippen molar-refractivity contribution in [1.29, 1.82) is 0 Å². The zero-order valence-corrected chi connectivity index (χ0v) is 28.2. The topological polar surface area (TPSA) is 104 Å². The van der Waals surface area contributed by atoms with Crippen molar-refractivity contribution in [3.05, 3.63) is 46.4 Å². The van der Waals surface area contributed by atoms with Crippen LogP contribution < -0.4 is 15.4 Å². The molecule has 16 heteroatoms. The number of likely N-dealkylation sites (tertiary alicyclic amines) is 2. The Kier molecular flexibility index (Phi) is 9.31. The SMILES string of the molecule is C[C@@H](O)CN1CC2CCC(C1)N2c1nc(OCC2(CN3CCC(=C(F)F)CC3)CC2)nc2c(F)c(-c3cc(N)cc(Cl)c3C(F)(F)F)ncc12. The number of β-amino-alcohol motifs (C(OH)–C–C–N with tert-alkyl or cyclic N) is 1. The van der Waals surface area contributed by atoms with Crippen LogP contribution in [-0.4, -0.2) is 93.9 Å². The van der Waals surface area contributed by atoms with Crippen LogP contribution in [0.2, 0.25) is 5.02 Å². The summed E-state index contributed by atoms with van der Waals surface area (Å²) in [5.74, 6) is -0.719. The van der Waals surface area contributed by atoms with E-state index in [2.05, 4.69) is 24.7 Å². The number of ether oxygens (including phenoxy) is 1. The largest absolute Gasteiger partial charge is 0.463 e. The van der Waals surface area contributed by atoms with Gasteiger partial charge in [-0.2, -0.15) is 31.9 Å². The molecule has 0 spiro atoms. The molecule has 1 aliphatic carbocycles. The molecule has 3 aromatic rings. The van der Waals surface area contributed by atoms with Crippen molar-refractivity contribution in [2.24, 2.45) is 5.41 Å². The number of aliphatic hydroxyl groups is 1. The molecule has 2 unspecified atom stereocenters. The van der Waals surface area contributed by atoms with Crippen LogP contribution in [0.15, 0.2) is 30.0 Å². The number of fused-ring (bicyclic) bond motifs is 3. The standard InChI is InChI=1S/C34H38ClF6N7O2/c1-18(49)13-47-14-21-2-3-22(15-47)48(21)31-24-12-43-28(23-10-20(42)11-25(35)26(23)34(39,40)41)27(36)29(24)44-32(45-31)50-17-33(6-7-33)16-46-8-4-19(5-9-46)30(37)38/h10-12,18,21-22,49H,2-9,13-17,42H2,1H3/t18-,21?,22?/m1/s1. The van der Waals surface area contributed by atoms with Crippen molar-refractivity contribution < 1.29 is 36.2 Å². The van der Waals surface area contributed by atoms with Crippen molar-refractivity contribution in [3.63, 3.8) is 0 Å². The minimum Gasteiger partial charge on any atom is -0.463 e. The van der Waals surface area contributed by atoms with E-state index < -0.39 is 46.0 Å². The first-order valence-electron chi connectivity index (χ1n) is 16.8. The Bertz CT molecular complexity index is 1790. The smallest absolute Gasteiger partial charge is 0.418 e. The van der Waals surface area contributed by atoms with Crippen LogP contribution in [0.1, 0.15) is 51.0 Å². The molecule has 4 fully saturated rings. The highest BCUT2D eigenvalue weighted by Crippen LogP contribution is 2.48. The highest BCUT2D eigenvalue weighted by Gasteiger charge is 2.46. The molecule has 1 saturated carbocycles. The maximum atomic E-state index is 16.6. The second-order valence-corrected chi connectivity index (χ2v) is 14.6. The highest BCUT2D eigenvalue weighted by molar-refractivity contribution is 6.32. The van der Waals surface area contributed by atoms with Gasteiger partial charge in [0, 0.05) is 74.2 Å². The van der Waals surface area contributed by atoms with E-state index in [0.717, 1.165) is 37.8 Å². The van der Waals surface area contributed by atoms with Gasteiger partial charge >= 0.3 is 12.2 Å². The second kappa shape index (κ2) is 13.3. The lowest BCUT2D eigenvalue weighted by atomic mass is 10.0. The highest BCUT2D eigenvalue weighted by atomic mass is 35.5. The first kappa shape index (κ1) is 35.0. The van der Waals surface area contributed by atoms with Gasteiger partial charge in [-0.1, -0.05) is 11.6 Å². The van der Waals surface area contributed by atoms with E-state index in [-0.39, 0.29) is 52.3 Å². The molecule has 3 atom stereocenters. The minimum absolute atomic E-state index is 0.0206. The van der Waals surface area contributed by atoms with E-state index in [1.807, 2.05) is 0 Å². The van der Waals surface area contributed by atoms with Gasteiger partial charge in [0.25, 0.3) is 6.08 Å². The lowest BCUT2D eigenvalue weighted by Crippen LogP contribution is -2.55. The molecule has 270 valence electrons. The van der Waals surface area contributed by atoms with Gasteiger partial charge < -0.3 is 25.4 Å². The average Bonchev–Trinajstić information content (AvgIpc) is 3.75. The first-order valence-corrected chi connectivity index (χ1v) is 17.2. The molecule has 9 nitrogen and oxygen atoms in total. The van der Waals surface area contributed by atoms with Gasteiger partial charge in [0.05, 0.1) is 28.7 Å². The molecular formula is C34H38ClF6N7O2. The summed E-state index contributed by atoms with van der Waals surface area (Å²) in [4.78, 5) is 19.8. The van der Waals surface area contributed by atoms with Crippen molar-refractivity contribution in [2.45, 2.75) is 69.8 Å². The summed E-state index contributed by atoms with van der Waals surface area (Å²) in [6.45, 7) is 5.38. The quantitative estimate of drug-likeness (QED) is 0.189. The molecule has 3 saturated heterocycles. The summed E-state index contributed by atoms with van der Waals surface area (Å²) in [6.07, 6.45) is -1.78. The van der Waals surface area contributed by atoms with Crippen molar-refractivity contribution >= 4 is 34.0 Å². The molecular weight excluding hydrogens is 688 g/mol. The summed E-state index contributed by atoms with van der Waals surface area (Å²) < 4.78 is 91.6. The number of nitrogen functional groups attached to an aromatic ring is 1. The Labute approximate surface area is 290 Å². The zero-order valence-electron chi connectivity index (χ0n) is 27.4. The molecule has 7 rings (SSSR count). The van der Waals surface area contributed by atoms with Gasteiger partial charge in [-0.25, -0.2) is 4.39 Å². The predicted molar refractivity (Wildman–Crippen MR) is 177 cm³/mol. The lowest BCUT2D eigenvalue weighted by Gasteiger charge is -2.42. The third-order valence-electron chi connectivity index (χ3n) is 10.4. The molecule has 0 amide bonds. The molecule has 3 N–H and O–H groups in total. The third-order valence-corrected chi connectivity index (χ3v) is 10.7. The Morgan fingerprint density at radius 1 is 1.10 bits per heavy atom. The molecule has 3 aliphatic heterocycles. The predicted octanol–water partition coefficient (Wildman–Crippen LogP) is 6.52. The number of piperazine rings is 1. The van der Waals surface area contributed by atoms with Gasteiger partial charge in [-0.05, 0) is 63.2 Å². The number of anilines is 2. The molecule has 50 heavy (non-hydrogen) atoms. The number of piperidine rings is 1. The fourth-order valence-corrected chi connectivity index (χ4v) is 8.15. The van der Waals surface area contributed by atoms with Crippen molar-refractivity contribution in [2.75, 3.05) is 56.5 Å². The van der Waals surface area contributed by atoms with Crippen LogP contribution in [0.3, 0.4) is 0 Å². The van der Waals surface area contributed by atoms with E-state index >= 15 is 4.39 Å². The molecule has 2 bridgehead atoms. The second-order valence-electron chi connectivity index (χ2n) is 14.2. The van der Waals surface area contributed by atoms with Gasteiger partial charge in [0.2, 0.25) is 0 Å². The Morgan fingerprint density at radius 3 is 2.38 bits per heavy atom. The van der Waals surface area contributed by atoms with E-state index in [0.29, 0.717) is 57.9 Å². The maximum Gasteiger partial charge on any atom is 0.418 e. The van der Waals surface area contributed by atoms with Crippen molar-refractivity contribution in [1.82, 2.24) is 24.8 Å². The maximum absolute atomic E-state index is 16.6. The van der Waals surface area contributed by atoms with Crippen LogP contribution in [0.4, 0.5) is 37.8 Å². The minimum atomic E-state index is -4.93. The summed E-state index contributed by atoms with van der Waals surface area (Å²) in [6, 6.07) is 1.79. The Balaban J connectivity index is 1.25. The Morgan fingerprint density at radius 2 is 1.78 bits per heavy atom. The summed E-state index contributed by atoms with van der Waals surface area (Å²) in [5.41, 5.74) is 2.98. The van der Waals surface area contributed by atoms with Gasteiger partial charge in [0.1, 0.15) is 17.0 Å². The van der Waals surface area contributed by atoms with E-state index in [1.165, 1.54) is 6.20 Å². The van der Waals surface area contributed by atoms with Crippen molar-refractivity contribution in [3.8, 4) is 17.3 Å². The number of hydrogen-bond acceptors (Lipinski definition) is 9. The monoisotopic (exact) mass is 725 g/mol. The van der Waals surface area contributed by atoms with E-state index in [9.17, 15) is 27.1 Å². The molecule has 1 aromatic carbocycles. The molecule has 0 radical (unpaired) electrons. The van der Waals surface area contributed by atoms with Crippen LogP contribution in [0, 0.1) is 11.2 Å². The normalized spacial score (nSPS) is 23.1. The fourth-order valence-electron chi connectivity index (χ4n) is 7.82. The zero-order chi connectivity index (χ0) is 35.5. The Hall–Kier alpha value is -3.40. The lowest BCUT2D eigenvalue weighted by molar-refractivity contribution is -0.137. The third kappa shape index (κ3) is 6.93. The van der Waals surface area contributed by atoms with Crippen LogP contribution in [0.5, 0.6) is 6.01 Å². The number of nitrogens with zero attached hydrogens (tertiary/aromatic N) is 6. The number of rotatable bonds is 9. The fraction of sp³-hybridized carbons (Fsp3) is 0.559. The van der Waals surface area contributed by atoms with Gasteiger partial charge in [-0.3, -0.25) is 9.88 Å². The molecule has 2 aromatic heterocycles. The number of pyridine rings is 1. The summed E-state index contributed by atoms with van der Waals surface area (Å²) >= 11 is 5.99. The number of nitrogens with two attached hydrogens (primary N) is 1. The molecule has 5 heterocycles. The summed E-state index contributed by atoms with van der Waals surface area (Å²) in [5, 5.41) is 9.56. The van der Waals surface area contributed by atoms with Gasteiger partial charge in [0.15, 0.2) is 5.82 Å². The van der Waals surface area contributed by atoms with Crippen LogP contribution in [0.25, 0.3) is 22.2 Å². The van der Waals surface area contributed by atoms with Crippen LogP contribution in [-0.2, 0) is 6.18 Å². The average molecular weight is 726 g/mol. The summed E-state index contributed by atoms with van der Waals surface area (Å²) in [7, 11) is 0.